The van der Waals surface area contributed by atoms with E-state index < -0.39 is 5.41 Å². The maximum absolute atomic E-state index is 11.8. The Balaban J connectivity index is 4.69. The first-order valence-electron chi connectivity index (χ1n) is 4.28. The molecule has 0 aromatic carbocycles. The second-order valence-electron chi connectivity index (χ2n) is 4.00. The number of rotatable bonds is 3. The first-order valence-corrected chi connectivity index (χ1v) is 4.69. The summed E-state index contributed by atoms with van der Waals surface area (Å²) in [5.74, 6) is -0.0324. The zero-order valence-electron chi connectivity index (χ0n) is 8.92. The molecule has 0 aromatic rings. The molecule has 2 N–H and O–H groups in total. The molecule has 13 heavy (non-hydrogen) atoms. The molecule has 3 nitrogen and oxygen atoms in total. The van der Waals surface area contributed by atoms with Crippen molar-refractivity contribution in [3.63, 3.8) is 0 Å². The van der Waals surface area contributed by atoms with Gasteiger partial charge in [-0.25, -0.2) is 0 Å². The summed E-state index contributed by atoms with van der Waals surface area (Å²) in [6.07, 6.45) is 0. The van der Waals surface area contributed by atoms with Crippen LogP contribution < -0.4 is 5.73 Å². The largest absolute Gasteiger partial charge is 0.392 e. The summed E-state index contributed by atoms with van der Waals surface area (Å²) in [5.41, 5.74) is 4.75. The Morgan fingerprint density at radius 1 is 1.46 bits per heavy atom. The highest BCUT2D eigenvalue weighted by atomic mass is 32.1. The average molecular weight is 202 g/mol. The van der Waals surface area contributed by atoms with Gasteiger partial charge in [0.25, 0.3) is 0 Å². The molecule has 0 unspecified atom stereocenters. The van der Waals surface area contributed by atoms with Crippen molar-refractivity contribution in [2.45, 2.75) is 33.7 Å². The van der Waals surface area contributed by atoms with Crippen LogP contribution in [0.4, 0.5) is 0 Å². The fraction of sp³-hybridized carbons (Fsp3) is 0.778. The summed E-state index contributed by atoms with van der Waals surface area (Å²) in [7, 11) is 1.76. The first kappa shape index (κ1) is 12.4. The van der Waals surface area contributed by atoms with Crippen molar-refractivity contribution < 1.29 is 4.79 Å². The minimum Gasteiger partial charge on any atom is -0.392 e. The standard InChI is InChI=1S/C9H18N2OS/c1-6(2)11(5)8(12)9(3,4)7(10)13/h6H,1-5H3,(H2,10,13). The number of amides is 1. The van der Waals surface area contributed by atoms with Crippen LogP contribution in [0.15, 0.2) is 0 Å². The molecule has 0 saturated heterocycles. The van der Waals surface area contributed by atoms with Gasteiger partial charge in [-0.2, -0.15) is 0 Å². The van der Waals surface area contributed by atoms with Crippen LogP contribution in [0, 0.1) is 5.41 Å². The van der Waals surface area contributed by atoms with Crippen LogP contribution in [-0.4, -0.2) is 28.9 Å². The molecule has 0 aliphatic rings. The number of nitrogens with two attached hydrogens (primary N) is 1. The number of carbonyl (C=O) groups is 1. The second kappa shape index (κ2) is 4.05. The van der Waals surface area contributed by atoms with Crippen molar-refractivity contribution in [3.8, 4) is 0 Å². The number of thiocarbonyl (C=S) groups is 1. The van der Waals surface area contributed by atoms with E-state index in [0.29, 0.717) is 0 Å². The Morgan fingerprint density at radius 3 is 2.08 bits per heavy atom. The van der Waals surface area contributed by atoms with Gasteiger partial charge < -0.3 is 10.6 Å². The molecular formula is C9H18N2OS. The topological polar surface area (TPSA) is 46.3 Å². The molecule has 0 aliphatic carbocycles. The van der Waals surface area contributed by atoms with Crippen LogP contribution in [0.25, 0.3) is 0 Å². The van der Waals surface area contributed by atoms with E-state index in [2.05, 4.69) is 0 Å². The third kappa shape index (κ3) is 2.66. The van der Waals surface area contributed by atoms with Gasteiger partial charge in [0, 0.05) is 13.1 Å². The van der Waals surface area contributed by atoms with E-state index >= 15 is 0 Å². The molecule has 4 heteroatoms. The molecule has 0 atom stereocenters. The maximum Gasteiger partial charge on any atom is 0.235 e. The molecule has 0 heterocycles. The van der Waals surface area contributed by atoms with Gasteiger partial charge in [0.1, 0.15) is 0 Å². The van der Waals surface area contributed by atoms with E-state index in [4.69, 9.17) is 18.0 Å². The molecule has 0 saturated carbocycles. The van der Waals surface area contributed by atoms with Crippen molar-refractivity contribution in [2.24, 2.45) is 11.1 Å². The molecule has 0 aliphatic heterocycles. The van der Waals surface area contributed by atoms with Crippen molar-refractivity contribution in [1.82, 2.24) is 4.90 Å². The maximum atomic E-state index is 11.8. The van der Waals surface area contributed by atoms with E-state index in [-0.39, 0.29) is 16.9 Å². The number of nitrogens with zero attached hydrogens (tertiary/aromatic N) is 1. The third-order valence-corrected chi connectivity index (χ3v) is 2.76. The lowest BCUT2D eigenvalue weighted by Crippen LogP contribution is -2.47. The highest BCUT2D eigenvalue weighted by molar-refractivity contribution is 7.80. The summed E-state index contributed by atoms with van der Waals surface area (Å²) in [6, 6.07) is 0.168. The minimum absolute atomic E-state index is 0.0324. The predicted molar refractivity (Wildman–Crippen MR) is 58.5 cm³/mol. The van der Waals surface area contributed by atoms with Crippen molar-refractivity contribution in [2.75, 3.05) is 7.05 Å². The summed E-state index contributed by atoms with van der Waals surface area (Å²) >= 11 is 4.84. The van der Waals surface area contributed by atoms with E-state index in [1.165, 1.54) is 0 Å². The van der Waals surface area contributed by atoms with Gasteiger partial charge in [-0.05, 0) is 27.7 Å². The number of carbonyl (C=O) groups excluding carboxylic acids is 1. The highest BCUT2D eigenvalue weighted by Gasteiger charge is 2.34. The monoisotopic (exact) mass is 202 g/mol. The van der Waals surface area contributed by atoms with E-state index in [0.717, 1.165) is 0 Å². The van der Waals surface area contributed by atoms with Gasteiger partial charge in [0.05, 0.1) is 10.4 Å². The van der Waals surface area contributed by atoms with E-state index in [1.807, 2.05) is 13.8 Å². The van der Waals surface area contributed by atoms with Gasteiger partial charge >= 0.3 is 0 Å². The Kier molecular flexibility index (Phi) is 3.85. The number of hydrogen-bond acceptors (Lipinski definition) is 2. The van der Waals surface area contributed by atoms with Gasteiger partial charge in [0.15, 0.2) is 0 Å². The molecular weight excluding hydrogens is 184 g/mol. The summed E-state index contributed by atoms with van der Waals surface area (Å²) in [5, 5.41) is 0. The zero-order chi connectivity index (χ0) is 10.8. The first-order chi connectivity index (χ1) is 5.71. The third-order valence-electron chi connectivity index (χ3n) is 2.25. The Labute approximate surface area is 85.3 Å². The molecule has 0 fully saturated rings. The predicted octanol–water partition coefficient (Wildman–Crippen LogP) is 1.17. The summed E-state index contributed by atoms with van der Waals surface area (Å²) in [6.45, 7) is 7.40. The average Bonchev–Trinajstić information content (AvgIpc) is 2.01. The lowest BCUT2D eigenvalue weighted by molar-refractivity contribution is -0.137. The normalized spacial score (nSPS) is 11.5. The van der Waals surface area contributed by atoms with Crippen LogP contribution in [0.5, 0.6) is 0 Å². The molecule has 0 radical (unpaired) electrons. The number of hydrogen-bond donors (Lipinski definition) is 1. The van der Waals surface area contributed by atoms with Gasteiger partial charge in [0.2, 0.25) is 5.91 Å². The zero-order valence-corrected chi connectivity index (χ0v) is 9.73. The highest BCUT2D eigenvalue weighted by Crippen LogP contribution is 2.19. The Hall–Kier alpha value is -0.640. The van der Waals surface area contributed by atoms with Gasteiger partial charge in [-0.3, -0.25) is 4.79 Å². The quantitative estimate of drug-likeness (QED) is 0.699. The SMILES string of the molecule is CC(C)N(C)C(=O)C(C)(C)C(N)=S. The van der Waals surface area contributed by atoms with Crippen LogP contribution in [0.1, 0.15) is 27.7 Å². The molecule has 0 rings (SSSR count). The molecule has 0 aromatic heterocycles. The van der Waals surface area contributed by atoms with Crippen molar-refractivity contribution in [3.05, 3.63) is 0 Å². The Bertz CT molecular complexity index is 224. The Morgan fingerprint density at radius 2 is 1.85 bits per heavy atom. The van der Waals surface area contributed by atoms with E-state index in [1.54, 1.807) is 25.8 Å². The molecule has 76 valence electrons. The molecule has 0 bridgehead atoms. The molecule has 0 spiro atoms. The van der Waals surface area contributed by atoms with Crippen LogP contribution in [-0.2, 0) is 4.79 Å². The lowest BCUT2D eigenvalue weighted by atomic mass is 9.91. The fourth-order valence-electron chi connectivity index (χ4n) is 0.781. The van der Waals surface area contributed by atoms with Gasteiger partial charge in [-0.15, -0.1) is 0 Å². The summed E-state index contributed by atoms with van der Waals surface area (Å²) < 4.78 is 0. The van der Waals surface area contributed by atoms with Crippen LogP contribution in [0.2, 0.25) is 0 Å². The minimum atomic E-state index is -0.742. The smallest absolute Gasteiger partial charge is 0.235 e. The van der Waals surface area contributed by atoms with Crippen LogP contribution in [0.3, 0.4) is 0 Å². The fourth-order valence-corrected chi connectivity index (χ4v) is 0.868. The van der Waals surface area contributed by atoms with Crippen molar-refractivity contribution >= 4 is 23.1 Å². The lowest BCUT2D eigenvalue weighted by Gasteiger charge is -2.30. The van der Waals surface area contributed by atoms with E-state index in [9.17, 15) is 4.79 Å². The molecule has 1 amide bonds. The van der Waals surface area contributed by atoms with Gasteiger partial charge in [-0.1, -0.05) is 12.2 Å². The second-order valence-corrected chi connectivity index (χ2v) is 4.44. The summed E-state index contributed by atoms with van der Waals surface area (Å²) in [4.78, 5) is 13.7. The van der Waals surface area contributed by atoms with Crippen LogP contribution >= 0.6 is 12.2 Å². The van der Waals surface area contributed by atoms with Crippen molar-refractivity contribution in [1.29, 1.82) is 0 Å².